The van der Waals surface area contributed by atoms with E-state index < -0.39 is 17.7 Å². The Morgan fingerprint density at radius 2 is 0.826 bits per heavy atom. The fourth-order valence-corrected chi connectivity index (χ4v) is 1.69. The molecule has 0 aromatic heterocycles. The minimum Gasteiger partial charge on any atom is -0.354 e. The van der Waals surface area contributed by atoms with E-state index in [1.54, 1.807) is 0 Å². The van der Waals surface area contributed by atoms with Gasteiger partial charge in [-0.1, -0.05) is 0 Å². The molecular formula is C13H21N5O5. The molecule has 10 nitrogen and oxygen atoms in total. The molecule has 10 heteroatoms. The minimum atomic E-state index is -0.517. The average Bonchev–Trinajstić information content (AvgIpc) is 2.52. The zero-order valence-corrected chi connectivity index (χ0v) is 12.7. The summed E-state index contributed by atoms with van der Waals surface area (Å²) < 4.78 is 0. The molecular weight excluding hydrogens is 306 g/mol. The summed E-state index contributed by atoms with van der Waals surface area (Å²) in [7, 11) is 0. The Balaban J connectivity index is 2.48. The maximum atomic E-state index is 11.5. The number of nitrogens with one attached hydrogen (secondary N) is 5. The number of amides is 5. The van der Waals surface area contributed by atoms with Gasteiger partial charge in [-0.3, -0.25) is 24.0 Å². The Hall–Kier alpha value is -2.65. The third kappa shape index (κ3) is 9.06. The lowest BCUT2D eigenvalue weighted by Crippen LogP contribution is -2.43. The summed E-state index contributed by atoms with van der Waals surface area (Å²) in [6, 6.07) is 0. The van der Waals surface area contributed by atoms with E-state index in [0.717, 1.165) is 0 Å². The highest BCUT2D eigenvalue weighted by Gasteiger charge is 2.10. The number of hydrogen-bond donors (Lipinski definition) is 5. The van der Waals surface area contributed by atoms with E-state index in [2.05, 4.69) is 26.6 Å². The monoisotopic (exact) mass is 327 g/mol. The third-order valence-corrected chi connectivity index (χ3v) is 2.91. The van der Waals surface area contributed by atoms with Crippen molar-refractivity contribution in [3.05, 3.63) is 0 Å². The highest BCUT2D eigenvalue weighted by molar-refractivity contribution is 5.89. The van der Waals surface area contributed by atoms with E-state index in [9.17, 15) is 24.0 Å². The first-order valence-electron chi connectivity index (χ1n) is 7.31. The standard InChI is InChI=1S/C13H21N5O5/c19-9-1-2-10(20)17-8-13(23)18-7-12(22)14-4-3-11(21)16-6-5-15-9/h1-8H2,(H,14,22)(H,15,19)(H,16,21)(H,17,20)(H,18,23). The first kappa shape index (κ1) is 18.4. The van der Waals surface area contributed by atoms with Crippen LogP contribution in [-0.4, -0.2) is 62.3 Å². The summed E-state index contributed by atoms with van der Waals surface area (Å²) in [5.41, 5.74) is 0. The van der Waals surface area contributed by atoms with Crippen molar-refractivity contribution in [3.63, 3.8) is 0 Å². The Bertz CT molecular complexity index is 479. The molecule has 5 amide bonds. The molecule has 1 rings (SSSR count). The van der Waals surface area contributed by atoms with Crippen LogP contribution in [0.15, 0.2) is 0 Å². The van der Waals surface area contributed by atoms with Crippen molar-refractivity contribution in [2.75, 3.05) is 32.7 Å². The lowest BCUT2D eigenvalue weighted by molar-refractivity contribution is -0.129. The lowest BCUT2D eigenvalue weighted by Gasteiger charge is -2.10. The zero-order chi connectivity index (χ0) is 17.1. The predicted molar refractivity (Wildman–Crippen MR) is 78.9 cm³/mol. The quantitative estimate of drug-likeness (QED) is 0.317. The number of carbonyl (C=O) groups excluding carboxylic acids is 5. The maximum absolute atomic E-state index is 11.5. The molecule has 1 aliphatic rings. The molecule has 0 aliphatic carbocycles. The van der Waals surface area contributed by atoms with Gasteiger partial charge in [-0.15, -0.1) is 0 Å². The second-order valence-corrected chi connectivity index (χ2v) is 4.85. The molecule has 0 spiro atoms. The van der Waals surface area contributed by atoms with Crippen LogP contribution in [0.2, 0.25) is 0 Å². The van der Waals surface area contributed by atoms with Gasteiger partial charge in [0.2, 0.25) is 29.5 Å². The first-order chi connectivity index (χ1) is 11.0. The average molecular weight is 327 g/mol. The van der Waals surface area contributed by atoms with Crippen LogP contribution in [0.5, 0.6) is 0 Å². The Kier molecular flexibility index (Phi) is 8.11. The number of carbonyl (C=O) groups is 5. The Morgan fingerprint density at radius 3 is 1.43 bits per heavy atom. The fourth-order valence-electron chi connectivity index (χ4n) is 1.69. The van der Waals surface area contributed by atoms with Crippen molar-refractivity contribution >= 4 is 29.5 Å². The molecule has 0 unspecified atom stereocenters. The maximum Gasteiger partial charge on any atom is 0.239 e. The van der Waals surface area contributed by atoms with Gasteiger partial charge in [0.25, 0.3) is 0 Å². The van der Waals surface area contributed by atoms with Crippen LogP contribution >= 0.6 is 0 Å². The van der Waals surface area contributed by atoms with Crippen molar-refractivity contribution in [2.24, 2.45) is 0 Å². The normalized spacial score (nSPS) is 20.1. The molecule has 1 saturated heterocycles. The molecule has 0 aromatic rings. The summed E-state index contributed by atoms with van der Waals surface area (Å²) in [6.45, 7) is 0.153. The fraction of sp³-hybridized carbons (Fsp3) is 0.615. The molecule has 5 N–H and O–H groups in total. The van der Waals surface area contributed by atoms with Gasteiger partial charge in [-0.2, -0.15) is 0 Å². The van der Waals surface area contributed by atoms with Gasteiger partial charge in [-0.25, -0.2) is 0 Å². The van der Waals surface area contributed by atoms with Crippen LogP contribution in [0.25, 0.3) is 0 Å². The largest absolute Gasteiger partial charge is 0.354 e. The van der Waals surface area contributed by atoms with Crippen molar-refractivity contribution in [1.82, 2.24) is 26.6 Å². The molecule has 0 radical (unpaired) electrons. The summed E-state index contributed by atoms with van der Waals surface area (Å²) in [4.78, 5) is 57.3. The van der Waals surface area contributed by atoms with Gasteiger partial charge in [0.15, 0.2) is 0 Å². The van der Waals surface area contributed by atoms with Gasteiger partial charge in [-0.05, 0) is 0 Å². The summed E-state index contributed by atoms with van der Waals surface area (Å²) in [5, 5.41) is 12.3. The van der Waals surface area contributed by atoms with Gasteiger partial charge in [0.05, 0.1) is 13.1 Å². The van der Waals surface area contributed by atoms with Crippen LogP contribution < -0.4 is 26.6 Å². The lowest BCUT2D eigenvalue weighted by atomic mass is 10.2. The summed E-state index contributed by atoms with van der Waals surface area (Å²) in [5.74, 6) is -1.95. The van der Waals surface area contributed by atoms with E-state index in [0.29, 0.717) is 0 Å². The Labute approximate surface area is 133 Å². The van der Waals surface area contributed by atoms with Gasteiger partial charge in [0.1, 0.15) is 0 Å². The smallest absolute Gasteiger partial charge is 0.239 e. The van der Waals surface area contributed by atoms with E-state index in [1.165, 1.54) is 0 Å². The second kappa shape index (κ2) is 10.1. The van der Waals surface area contributed by atoms with Gasteiger partial charge < -0.3 is 26.6 Å². The molecule has 0 aromatic carbocycles. The molecule has 1 heterocycles. The first-order valence-corrected chi connectivity index (χ1v) is 7.31. The topological polar surface area (TPSA) is 146 Å². The van der Waals surface area contributed by atoms with Crippen LogP contribution in [0.1, 0.15) is 19.3 Å². The van der Waals surface area contributed by atoms with E-state index in [-0.39, 0.29) is 63.8 Å². The molecule has 1 fully saturated rings. The zero-order valence-electron chi connectivity index (χ0n) is 12.7. The van der Waals surface area contributed by atoms with Crippen molar-refractivity contribution in [1.29, 1.82) is 0 Å². The Morgan fingerprint density at radius 1 is 0.435 bits per heavy atom. The molecule has 1 aliphatic heterocycles. The van der Waals surface area contributed by atoms with Crippen molar-refractivity contribution in [3.8, 4) is 0 Å². The third-order valence-electron chi connectivity index (χ3n) is 2.91. The van der Waals surface area contributed by atoms with E-state index in [1.807, 2.05) is 0 Å². The van der Waals surface area contributed by atoms with Gasteiger partial charge >= 0.3 is 0 Å². The van der Waals surface area contributed by atoms with Crippen LogP contribution in [0, 0.1) is 0 Å². The van der Waals surface area contributed by atoms with E-state index in [4.69, 9.17) is 0 Å². The SMILES string of the molecule is O=C1CCNC(=O)CNC(=O)CNC(=O)CCC(=O)NCCN1. The second-order valence-electron chi connectivity index (χ2n) is 4.85. The molecule has 23 heavy (non-hydrogen) atoms. The molecule has 0 bridgehead atoms. The van der Waals surface area contributed by atoms with Crippen LogP contribution in [0.3, 0.4) is 0 Å². The van der Waals surface area contributed by atoms with Crippen molar-refractivity contribution in [2.45, 2.75) is 19.3 Å². The molecule has 128 valence electrons. The number of hydrogen-bond acceptors (Lipinski definition) is 5. The van der Waals surface area contributed by atoms with Crippen LogP contribution in [0.4, 0.5) is 0 Å². The van der Waals surface area contributed by atoms with E-state index >= 15 is 0 Å². The highest BCUT2D eigenvalue weighted by atomic mass is 16.2. The molecule has 0 saturated carbocycles. The number of rotatable bonds is 0. The molecule has 0 atom stereocenters. The van der Waals surface area contributed by atoms with Crippen molar-refractivity contribution < 1.29 is 24.0 Å². The van der Waals surface area contributed by atoms with Gasteiger partial charge in [0, 0.05) is 38.9 Å². The predicted octanol–water partition coefficient (Wildman–Crippen LogP) is -3.25. The summed E-state index contributed by atoms with van der Waals surface area (Å²) in [6.07, 6.45) is 0.0411. The minimum absolute atomic E-state index is 0.0101. The van der Waals surface area contributed by atoms with Crippen LogP contribution in [-0.2, 0) is 24.0 Å². The highest BCUT2D eigenvalue weighted by Crippen LogP contribution is 1.89. The summed E-state index contributed by atoms with van der Waals surface area (Å²) >= 11 is 0.